The predicted octanol–water partition coefficient (Wildman–Crippen LogP) is 16.7. The minimum atomic E-state index is -0.284. The highest BCUT2D eigenvalue weighted by Gasteiger charge is 2.31. The first kappa shape index (κ1) is 62.6. The molecule has 8 nitrogen and oxygen atoms in total. The molecule has 5 rings (SSSR count). The van der Waals surface area contributed by atoms with Gasteiger partial charge in [0, 0.05) is 40.6 Å². The number of hydrogen-bond donors (Lipinski definition) is 0. The molecule has 0 radical (unpaired) electrons. The lowest BCUT2D eigenvalue weighted by Crippen LogP contribution is -2.27. The molecular formula is C58H89Cl2NO7. The predicted molar refractivity (Wildman–Crippen MR) is 291 cm³/mol. The lowest BCUT2D eigenvalue weighted by molar-refractivity contribution is -0.152. The summed E-state index contributed by atoms with van der Waals surface area (Å²) in [5.41, 5.74) is 4.30. The van der Waals surface area contributed by atoms with Crippen LogP contribution in [0.3, 0.4) is 0 Å². The van der Waals surface area contributed by atoms with Crippen molar-refractivity contribution in [3.63, 3.8) is 0 Å². The van der Waals surface area contributed by atoms with Crippen LogP contribution in [0.4, 0.5) is 17.1 Å². The number of allylic oxidation sites excluding steroid dienone is 1. The van der Waals surface area contributed by atoms with Gasteiger partial charge in [-0.2, -0.15) is 0 Å². The molecule has 10 heteroatoms. The van der Waals surface area contributed by atoms with E-state index in [0.29, 0.717) is 67.6 Å². The van der Waals surface area contributed by atoms with E-state index in [0.717, 1.165) is 48.4 Å². The van der Waals surface area contributed by atoms with Gasteiger partial charge in [0.15, 0.2) is 5.79 Å². The molecule has 0 bridgehead atoms. The Balaban J connectivity index is 0.000000479. The molecule has 1 aliphatic heterocycles. The molecule has 0 aliphatic carbocycles. The highest BCUT2D eigenvalue weighted by atomic mass is 35.5. The van der Waals surface area contributed by atoms with Gasteiger partial charge in [0.1, 0.15) is 12.4 Å². The minimum absolute atomic E-state index is 0.207. The van der Waals surface area contributed by atoms with Crippen LogP contribution in [0.25, 0.3) is 6.08 Å². The fourth-order valence-corrected chi connectivity index (χ4v) is 6.69. The van der Waals surface area contributed by atoms with Crippen molar-refractivity contribution >= 4 is 46.3 Å². The molecule has 4 aromatic carbocycles. The summed E-state index contributed by atoms with van der Waals surface area (Å²) < 4.78 is 37.4. The van der Waals surface area contributed by atoms with Crippen molar-refractivity contribution in [3.8, 4) is 5.75 Å². The molecular weight excluding hydrogens is 894 g/mol. The Morgan fingerprint density at radius 1 is 0.603 bits per heavy atom. The number of rotatable bonds is 23. The zero-order valence-electron chi connectivity index (χ0n) is 44.1. The standard InChI is InChI=1S/C23H23Cl2NO2.C11H14.C8H18O3.C8H16O2.C8H18/c1-17(2)27-15-16-28-23-13-11-22(12-14-23)26(20-7-3-18(24)4-8-20)21-9-5-19(25)6-10-21;1-10(2)8-9-11-6-4-3-5-7-11;1-8(2)11-7-6-10-5-4-9-3;1-7(2)6-8(3)9-4-5-10-8;1-4-5-6-7-8(2)3/h3-14,17H,15-16H2,1-2H3;3-10H,1-2H3;8H,4-7H2,1-3H3;7H,4-6H2,1-3H3;8H,4-7H2,1-3H3/b;9-8+;;;. The molecule has 1 aliphatic rings. The summed E-state index contributed by atoms with van der Waals surface area (Å²) in [6, 6.07) is 33.8. The first-order valence-electron chi connectivity index (χ1n) is 24.8. The maximum absolute atomic E-state index is 6.07. The molecule has 0 saturated carbocycles. The third kappa shape index (κ3) is 32.4. The van der Waals surface area contributed by atoms with E-state index in [2.05, 4.69) is 89.8 Å². The zero-order chi connectivity index (χ0) is 50.6. The summed E-state index contributed by atoms with van der Waals surface area (Å²) >= 11 is 12.1. The summed E-state index contributed by atoms with van der Waals surface area (Å²) in [7, 11) is 1.66. The topological polar surface area (TPSA) is 67.9 Å². The van der Waals surface area contributed by atoms with Crippen LogP contribution in [0.2, 0.25) is 10.0 Å². The second kappa shape index (κ2) is 38.3. The number of nitrogens with zero attached hydrogens (tertiary/aromatic N) is 1. The average molecular weight is 983 g/mol. The van der Waals surface area contributed by atoms with Gasteiger partial charge in [-0.3, -0.25) is 0 Å². The number of benzene rings is 4. The molecule has 68 heavy (non-hydrogen) atoms. The Labute approximate surface area is 423 Å². The van der Waals surface area contributed by atoms with Gasteiger partial charge in [-0.05, 0) is 131 Å². The van der Waals surface area contributed by atoms with Crippen LogP contribution < -0.4 is 9.64 Å². The van der Waals surface area contributed by atoms with E-state index in [1.165, 1.54) is 31.2 Å². The van der Waals surface area contributed by atoms with E-state index in [1.807, 2.05) is 113 Å². The van der Waals surface area contributed by atoms with Crippen molar-refractivity contribution in [2.75, 3.05) is 64.9 Å². The number of anilines is 3. The number of unbranched alkanes of at least 4 members (excludes halogenated alkanes) is 2. The SMILES string of the molecule is CC(C)/C=C/c1ccccc1.CC(C)CC1(C)OCCO1.CC(C)OCCOc1ccc(N(c2ccc(Cl)cc2)c2ccc(Cl)cc2)cc1.CCCCCC(C)C.COCCOCCOC(C)C. The van der Waals surface area contributed by atoms with E-state index < -0.39 is 0 Å². The van der Waals surface area contributed by atoms with Crippen LogP contribution in [0.5, 0.6) is 5.75 Å². The van der Waals surface area contributed by atoms with Gasteiger partial charge in [-0.15, -0.1) is 0 Å². The van der Waals surface area contributed by atoms with Gasteiger partial charge < -0.3 is 38.1 Å². The van der Waals surface area contributed by atoms with Crippen LogP contribution in [0, 0.1) is 17.8 Å². The van der Waals surface area contributed by atoms with Gasteiger partial charge in [-0.1, -0.05) is 140 Å². The maximum Gasteiger partial charge on any atom is 0.165 e. The molecule has 1 fully saturated rings. The Bertz CT molecular complexity index is 1730. The summed E-state index contributed by atoms with van der Waals surface area (Å²) in [6.07, 6.45) is 11.5. The van der Waals surface area contributed by atoms with Crippen LogP contribution >= 0.6 is 23.2 Å². The second-order valence-electron chi connectivity index (χ2n) is 18.4. The lowest BCUT2D eigenvalue weighted by Gasteiger charge is -2.25. The van der Waals surface area contributed by atoms with E-state index in [4.69, 9.17) is 56.4 Å². The molecule has 4 aromatic rings. The normalized spacial score (nSPS) is 12.8. The Morgan fingerprint density at radius 3 is 1.53 bits per heavy atom. The third-order valence-electron chi connectivity index (χ3n) is 9.71. The molecule has 0 aromatic heterocycles. The molecule has 0 unspecified atom stereocenters. The highest BCUT2D eigenvalue weighted by molar-refractivity contribution is 6.31. The van der Waals surface area contributed by atoms with Crippen molar-refractivity contribution in [1.29, 1.82) is 0 Å². The van der Waals surface area contributed by atoms with Crippen LogP contribution in [0.15, 0.2) is 109 Å². The fourth-order valence-electron chi connectivity index (χ4n) is 6.44. The van der Waals surface area contributed by atoms with Crippen LogP contribution in [-0.2, 0) is 28.4 Å². The molecule has 1 saturated heterocycles. The van der Waals surface area contributed by atoms with E-state index in [9.17, 15) is 0 Å². The van der Waals surface area contributed by atoms with Crippen molar-refractivity contribution in [3.05, 3.63) is 125 Å². The van der Waals surface area contributed by atoms with Gasteiger partial charge >= 0.3 is 0 Å². The van der Waals surface area contributed by atoms with Crippen molar-refractivity contribution in [2.45, 2.75) is 133 Å². The van der Waals surface area contributed by atoms with Gasteiger partial charge in [-0.25, -0.2) is 0 Å². The first-order valence-corrected chi connectivity index (χ1v) is 25.6. The van der Waals surface area contributed by atoms with Crippen LogP contribution in [0.1, 0.15) is 121 Å². The number of halogens is 2. The minimum Gasteiger partial charge on any atom is -0.491 e. The van der Waals surface area contributed by atoms with E-state index in [1.54, 1.807) is 7.11 Å². The van der Waals surface area contributed by atoms with E-state index >= 15 is 0 Å². The van der Waals surface area contributed by atoms with Gasteiger partial charge in [0.2, 0.25) is 0 Å². The molecule has 0 amide bonds. The summed E-state index contributed by atoms with van der Waals surface area (Å²) in [5.74, 6) is 2.71. The zero-order valence-corrected chi connectivity index (χ0v) is 45.6. The summed E-state index contributed by atoms with van der Waals surface area (Å²) in [6.45, 7) is 30.8. The Kier molecular flexibility index (Phi) is 35.3. The van der Waals surface area contributed by atoms with Crippen molar-refractivity contribution < 1.29 is 33.2 Å². The summed E-state index contributed by atoms with van der Waals surface area (Å²) in [5, 5.41) is 1.40. The number of hydrogen-bond acceptors (Lipinski definition) is 8. The third-order valence-corrected chi connectivity index (χ3v) is 10.2. The van der Waals surface area contributed by atoms with Crippen molar-refractivity contribution in [1.82, 2.24) is 0 Å². The van der Waals surface area contributed by atoms with Gasteiger partial charge in [0.25, 0.3) is 0 Å². The second-order valence-corrected chi connectivity index (χ2v) is 19.3. The Hall–Kier alpha value is -3.44. The molecule has 382 valence electrons. The number of methoxy groups -OCH3 is 1. The number of ether oxygens (including phenoxy) is 7. The maximum atomic E-state index is 6.07. The molecule has 0 atom stereocenters. The van der Waals surface area contributed by atoms with Crippen LogP contribution in [-0.4, -0.2) is 78.0 Å². The highest BCUT2D eigenvalue weighted by Crippen LogP contribution is 2.36. The molecule has 1 heterocycles. The quantitative estimate of drug-likeness (QED) is 0.0681. The largest absolute Gasteiger partial charge is 0.491 e. The monoisotopic (exact) mass is 982 g/mol. The van der Waals surface area contributed by atoms with Gasteiger partial charge in [0.05, 0.1) is 58.5 Å². The Morgan fingerprint density at radius 2 is 1.09 bits per heavy atom. The van der Waals surface area contributed by atoms with E-state index in [-0.39, 0.29) is 11.9 Å². The fraction of sp³-hybridized carbons (Fsp3) is 0.552. The first-order chi connectivity index (χ1) is 32.5. The lowest BCUT2D eigenvalue weighted by atomic mass is 10.0. The molecule has 0 N–H and O–H groups in total. The molecule has 0 spiro atoms. The van der Waals surface area contributed by atoms with Crippen molar-refractivity contribution in [2.24, 2.45) is 17.8 Å². The smallest absolute Gasteiger partial charge is 0.165 e. The summed E-state index contributed by atoms with van der Waals surface area (Å²) in [4.78, 5) is 2.14. The average Bonchev–Trinajstić information content (AvgIpc) is 3.73.